The molecule has 0 aliphatic rings. The molecule has 1 aromatic heterocycles. The lowest BCUT2D eigenvalue weighted by Gasteiger charge is -2.09. The Morgan fingerprint density at radius 3 is 2.35 bits per heavy atom. The maximum absolute atomic E-state index is 12.4. The average Bonchev–Trinajstić information content (AvgIpc) is 3.11. The van der Waals surface area contributed by atoms with Crippen LogP contribution in [0.15, 0.2) is 47.6 Å². The number of halogens is 3. The van der Waals surface area contributed by atoms with E-state index < -0.39 is 0 Å². The summed E-state index contributed by atoms with van der Waals surface area (Å²) < 4.78 is 1.80. The van der Waals surface area contributed by atoms with Gasteiger partial charge in [0.05, 0.1) is 22.9 Å². The summed E-state index contributed by atoms with van der Waals surface area (Å²) in [6.07, 6.45) is 0.0522. The molecule has 11 heteroatoms. The van der Waals surface area contributed by atoms with Crippen molar-refractivity contribution < 1.29 is 9.59 Å². The fraction of sp³-hybridized carbons (Fsp3) is 0.200. The molecule has 0 unspecified atom stereocenters. The van der Waals surface area contributed by atoms with Gasteiger partial charge in [0.2, 0.25) is 11.8 Å². The lowest BCUT2D eigenvalue weighted by Crippen LogP contribution is -2.18. The van der Waals surface area contributed by atoms with E-state index in [-0.39, 0.29) is 24.0 Å². The van der Waals surface area contributed by atoms with Crippen molar-refractivity contribution in [1.82, 2.24) is 14.8 Å². The highest BCUT2D eigenvalue weighted by Crippen LogP contribution is 2.26. The first-order chi connectivity index (χ1) is 14.9. The number of rotatable bonds is 8. The molecule has 3 aromatic rings. The molecule has 0 aliphatic carbocycles. The monoisotopic (exact) mass is 497 g/mol. The van der Waals surface area contributed by atoms with Gasteiger partial charge in [-0.05, 0) is 49.4 Å². The molecule has 3 rings (SSSR count). The van der Waals surface area contributed by atoms with Crippen LogP contribution in [0.25, 0.3) is 0 Å². The molecule has 31 heavy (non-hydrogen) atoms. The minimum atomic E-state index is -0.248. The number of hydrogen-bond acceptors (Lipinski definition) is 5. The van der Waals surface area contributed by atoms with Gasteiger partial charge >= 0.3 is 0 Å². The second-order valence-corrected chi connectivity index (χ2v) is 8.56. The third-order valence-electron chi connectivity index (χ3n) is 4.09. The van der Waals surface area contributed by atoms with E-state index in [9.17, 15) is 9.59 Å². The maximum Gasteiger partial charge on any atom is 0.234 e. The molecule has 0 saturated carbocycles. The van der Waals surface area contributed by atoms with Gasteiger partial charge in [-0.1, -0.05) is 46.6 Å². The van der Waals surface area contributed by atoms with E-state index in [2.05, 4.69) is 20.8 Å². The molecule has 0 atom stereocenters. The van der Waals surface area contributed by atoms with Gasteiger partial charge in [0.15, 0.2) is 5.16 Å². The first-order valence-corrected chi connectivity index (χ1v) is 11.3. The van der Waals surface area contributed by atoms with E-state index >= 15 is 0 Å². The van der Waals surface area contributed by atoms with Crippen LogP contribution in [0.5, 0.6) is 0 Å². The van der Waals surface area contributed by atoms with Gasteiger partial charge in [-0.3, -0.25) is 9.59 Å². The van der Waals surface area contributed by atoms with Crippen LogP contribution in [0.1, 0.15) is 12.7 Å². The Labute approximate surface area is 198 Å². The Balaban J connectivity index is 1.58. The molecule has 162 valence electrons. The molecule has 1 heterocycles. The highest BCUT2D eigenvalue weighted by molar-refractivity contribution is 7.99. The standard InChI is InChI=1S/C20H18Cl3N5O2S/c1-2-28-17(10-18(29)24-14-6-3-12(21)4-7-14)26-27-20(28)31-11-19(30)25-16-8-5-13(22)9-15(16)23/h3-9H,2,10-11H2,1H3,(H,24,29)(H,25,30). The first-order valence-electron chi connectivity index (χ1n) is 9.21. The SMILES string of the molecule is CCn1c(CC(=O)Nc2ccc(Cl)cc2)nnc1SCC(=O)Nc1ccc(Cl)cc1Cl. The summed E-state index contributed by atoms with van der Waals surface area (Å²) in [4.78, 5) is 24.6. The second-order valence-electron chi connectivity index (χ2n) is 6.34. The van der Waals surface area contributed by atoms with Crippen molar-refractivity contribution in [2.45, 2.75) is 25.0 Å². The Morgan fingerprint density at radius 2 is 1.68 bits per heavy atom. The zero-order chi connectivity index (χ0) is 22.4. The normalized spacial score (nSPS) is 10.7. The summed E-state index contributed by atoms with van der Waals surface area (Å²) in [7, 11) is 0. The molecular weight excluding hydrogens is 481 g/mol. The van der Waals surface area contributed by atoms with Crippen LogP contribution in [0.3, 0.4) is 0 Å². The van der Waals surface area contributed by atoms with Crippen LogP contribution in [0.2, 0.25) is 15.1 Å². The number of carbonyl (C=O) groups excluding carboxylic acids is 2. The molecule has 0 saturated heterocycles. The topological polar surface area (TPSA) is 88.9 Å². The summed E-state index contributed by atoms with van der Waals surface area (Å²) >= 11 is 19.0. The van der Waals surface area contributed by atoms with E-state index in [1.54, 1.807) is 47.0 Å². The number of carbonyl (C=O) groups is 2. The van der Waals surface area contributed by atoms with Crippen LogP contribution in [0, 0.1) is 0 Å². The van der Waals surface area contributed by atoms with Gasteiger partial charge in [-0.25, -0.2) is 0 Å². The highest BCUT2D eigenvalue weighted by atomic mass is 35.5. The predicted molar refractivity (Wildman–Crippen MR) is 125 cm³/mol. The molecular formula is C20H18Cl3N5O2S. The lowest BCUT2D eigenvalue weighted by atomic mass is 10.3. The van der Waals surface area contributed by atoms with Gasteiger partial charge in [0.25, 0.3) is 0 Å². The molecule has 7 nitrogen and oxygen atoms in total. The van der Waals surface area contributed by atoms with Crippen molar-refractivity contribution in [3.05, 3.63) is 63.4 Å². The minimum Gasteiger partial charge on any atom is -0.326 e. The lowest BCUT2D eigenvalue weighted by molar-refractivity contribution is -0.116. The van der Waals surface area contributed by atoms with Crippen LogP contribution in [-0.2, 0) is 22.6 Å². The van der Waals surface area contributed by atoms with Crippen molar-refractivity contribution >= 4 is 69.8 Å². The number of aromatic nitrogens is 3. The predicted octanol–water partition coefficient (Wildman–Crippen LogP) is 5.17. The van der Waals surface area contributed by atoms with E-state index in [1.165, 1.54) is 11.8 Å². The smallest absolute Gasteiger partial charge is 0.234 e. The zero-order valence-electron chi connectivity index (χ0n) is 16.4. The zero-order valence-corrected chi connectivity index (χ0v) is 19.4. The molecule has 2 amide bonds. The molecule has 0 bridgehead atoms. The Morgan fingerprint density at radius 1 is 0.968 bits per heavy atom. The van der Waals surface area contributed by atoms with Crippen molar-refractivity contribution in [2.24, 2.45) is 0 Å². The van der Waals surface area contributed by atoms with Crippen molar-refractivity contribution in [2.75, 3.05) is 16.4 Å². The van der Waals surface area contributed by atoms with Gasteiger partial charge < -0.3 is 15.2 Å². The quantitative estimate of drug-likeness (QED) is 0.418. The molecule has 0 radical (unpaired) electrons. The number of thioether (sulfide) groups is 1. The van der Waals surface area contributed by atoms with Gasteiger partial charge in [-0.15, -0.1) is 10.2 Å². The van der Waals surface area contributed by atoms with Gasteiger partial charge in [0, 0.05) is 22.3 Å². The number of anilines is 2. The first kappa shape index (κ1) is 23.4. The number of nitrogens with zero attached hydrogens (tertiary/aromatic N) is 3. The van der Waals surface area contributed by atoms with Gasteiger partial charge in [-0.2, -0.15) is 0 Å². The number of benzene rings is 2. The van der Waals surface area contributed by atoms with Crippen LogP contribution in [0.4, 0.5) is 11.4 Å². The van der Waals surface area contributed by atoms with E-state index in [1.807, 2.05) is 6.92 Å². The number of nitrogens with one attached hydrogen (secondary N) is 2. The summed E-state index contributed by atoms with van der Waals surface area (Å²) in [6, 6.07) is 11.7. The third-order valence-corrected chi connectivity index (χ3v) is 5.86. The van der Waals surface area contributed by atoms with E-state index in [4.69, 9.17) is 34.8 Å². The summed E-state index contributed by atoms with van der Waals surface area (Å²) in [5.74, 6) is 0.143. The maximum atomic E-state index is 12.4. The third kappa shape index (κ3) is 6.61. The minimum absolute atomic E-state index is 0.0522. The van der Waals surface area contributed by atoms with E-state index in [0.29, 0.717) is 44.0 Å². The second kappa shape index (κ2) is 10.9. The van der Waals surface area contributed by atoms with E-state index in [0.717, 1.165) is 0 Å². The Hall–Kier alpha value is -2.26. The fourth-order valence-corrected chi connectivity index (χ4v) is 4.07. The molecule has 0 aliphatic heterocycles. The Kier molecular flexibility index (Phi) is 8.20. The van der Waals surface area contributed by atoms with Crippen molar-refractivity contribution in [3.63, 3.8) is 0 Å². The summed E-state index contributed by atoms with van der Waals surface area (Å²) in [5.41, 5.74) is 1.12. The summed E-state index contributed by atoms with van der Waals surface area (Å²) in [6.45, 7) is 2.48. The van der Waals surface area contributed by atoms with Crippen molar-refractivity contribution in [3.8, 4) is 0 Å². The summed E-state index contributed by atoms with van der Waals surface area (Å²) in [5, 5.41) is 15.7. The van der Waals surface area contributed by atoms with Crippen LogP contribution < -0.4 is 10.6 Å². The van der Waals surface area contributed by atoms with Crippen molar-refractivity contribution in [1.29, 1.82) is 0 Å². The molecule has 0 fully saturated rings. The van der Waals surface area contributed by atoms with Crippen LogP contribution >= 0.6 is 46.6 Å². The fourth-order valence-electron chi connectivity index (χ4n) is 2.66. The molecule has 2 N–H and O–H groups in total. The molecule has 2 aromatic carbocycles. The number of hydrogen-bond donors (Lipinski definition) is 2. The highest BCUT2D eigenvalue weighted by Gasteiger charge is 2.16. The number of amides is 2. The van der Waals surface area contributed by atoms with Gasteiger partial charge in [0.1, 0.15) is 5.82 Å². The Bertz CT molecular complexity index is 1090. The average molecular weight is 499 g/mol. The largest absolute Gasteiger partial charge is 0.326 e. The molecule has 0 spiro atoms. The van der Waals surface area contributed by atoms with Crippen LogP contribution in [-0.4, -0.2) is 32.3 Å².